The largest absolute Gasteiger partial charge is 0.495 e. The molecule has 29 heteroatoms. The molecule has 3 N–H and O–H groups in total. The number of hydrogen-bond donors (Lipinski definition) is 3. The average Bonchev–Trinajstić information content (AvgIpc) is 1.58. The Kier molecular flexibility index (Phi) is 25.7. The number of carbonyl (C=O) groups is 10. The van der Waals surface area contributed by atoms with Crippen LogP contribution in [-0.4, -0.2) is 226 Å². The van der Waals surface area contributed by atoms with Gasteiger partial charge in [-0.25, -0.2) is 14.4 Å². The van der Waals surface area contributed by atoms with Crippen molar-refractivity contribution < 1.29 is 101 Å². The normalized spacial score (nSPS) is 26.5. The topological polar surface area (TPSA) is 324 Å². The van der Waals surface area contributed by atoms with Crippen LogP contribution in [0, 0.1) is 5.92 Å². The molecule has 8 amide bonds. The van der Waals surface area contributed by atoms with Crippen LogP contribution in [0.1, 0.15) is 84.6 Å². The summed E-state index contributed by atoms with van der Waals surface area (Å²) in [7, 11) is 5.80. The lowest BCUT2D eigenvalue weighted by Crippen LogP contribution is -2.63. The molecule has 27 nitrogen and oxygen atoms in total. The maximum atomic E-state index is 14.4. The monoisotopic (exact) mass is 1250 g/mol. The smallest absolute Gasteiger partial charge is 0.409 e. The number of nitrogens with zero attached hydrogens (tertiary/aromatic N) is 4. The minimum atomic E-state index is -1.90. The molecule has 0 aliphatic carbocycles. The standard InChI is InChI=1S/C57H79ClN6O21S/c1-34-10-9-11-42(77-8)57(75)33-40(82-55(74)60-57)35(2)52-56(4,84-52)43(32-48(69)62(6)38-29-37(28-34)30-39(76-7)51(38)58)83-54(73)36(3)61(5)45(66)16-27-86-41-31-49(70)63(53(41)72)18-14-44(65)59-17-20-79-22-24-81-26-25-80-23-21-78-19-15-50(71)85-64-46(67)12-13-47(64)68/h9-11,29-30,35-36,40-43,52,75H,12-28,31-33H2,1-8H3,(H,59,65)(H,60,74)/b11-9+,34-10+/t35-,36-,40+,41?,42-,43+,52+,56+,57+/m1/s1. The van der Waals surface area contributed by atoms with E-state index in [4.69, 9.17) is 59.1 Å². The van der Waals surface area contributed by atoms with Crippen LogP contribution in [0.5, 0.6) is 5.75 Å². The molecule has 1 aromatic rings. The number of alkyl carbamates (subject to hydrolysis) is 1. The van der Waals surface area contributed by atoms with E-state index in [1.807, 2.05) is 13.0 Å². The number of esters is 1. The van der Waals surface area contributed by atoms with E-state index in [1.54, 1.807) is 38.1 Å². The van der Waals surface area contributed by atoms with Gasteiger partial charge in [0.15, 0.2) is 5.72 Å². The zero-order valence-corrected chi connectivity index (χ0v) is 51.3. The number of methoxy groups -OCH3 is 2. The number of anilines is 1. The first kappa shape index (κ1) is 68.9. The Labute approximate surface area is 508 Å². The minimum absolute atomic E-state index is 0.0142. The van der Waals surface area contributed by atoms with Crippen LogP contribution >= 0.6 is 23.4 Å². The third kappa shape index (κ3) is 18.6. The minimum Gasteiger partial charge on any atom is -0.495 e. The van der Waals surface area contributed by atoms with Gasteiger partial charge in [0.1, 0.15) is 40.7 Å². The second-order valence-corrected chi connectivity index (χ2v) is 23.1. The highest BCUT2D eigenvalue weighted by Gasteiger charge is 2.64. The molecule has 476 valence electrons. The number of aliphatic hydroxyl groups is 1. The molecule has 1 aromatic carbocycles. The molecular weight excluding hydrogens is 1170 g/mol. The number of thioether (sulfide) groups is 1. The molecule has 5 aliphatic heterocycles. The van der Waals surface area contributed by atoms with Crippen molar-refractivity contribution in [1.29, 1.82) is 0 Å². The van der Waals surface area contributed by atoms with Crippen molar-refractivity contribution >= 4 is 88.4 Å². The maximum absolute atomic E-state index is 14.4. The summed E-state index contributed by atoms with van der Waals surface area (Å²) in [5, 5.41) is 16.9. The summed E-state index contributed by atoms with van der Waals surface area (Å²) in [4.78, 5) is 137. The molecule has 0 radical (unpaired) electrons. The number of likely N-dealkylation sites (tertiary alicyclic amines) is 1. The van der Waals surface area contributed by atoms with Crippen LogP contribution in [0.2, 0.25) is 5.02 Å². The average molecular weight is 1250 g/mol. The van der Waals surface area contributed by atoms with E-state index < -0.39 is 119 Å². The summed E-state index contributed by atoms with van der Waals surface area (Å²) in [5.41, 5.74) is -1.27. The third-order valence-electron chi connectivity index (χ3n) is 15.3. The molecule has 9 atom stereocenters. The molecule has 4 fully saturated rings. The molecule has 86 heavy (non-hydrogen) atoms. The predicted molar refractivity (Wildman–Crippen MR) is 306 cm³/mol. The number of ether oxygens (including phenoxy) is 9. The summed E-state index contributed by atoms with van der Waals surface area (Å²) in [6.07, 6.45) is -0.294. The van der Waals surface area contributed by atoms with E-state index in [9.17, 15) is 53.1 Å². The van der Waals surface area contributed by atoms with Crippen LogP contribution in [0.25, 0.3) is 0 Å². The summed E-state index contributed by atoms with van der Waals surface area (Å²) < 4.78 is 51.0. The number of hydroxylamine groups is 2. The molecule has 6 rings (SSSR count). The number of hydrogen-bond acceptors (Lipinski definition) is 22. The van der Waals surface area contributed by atoms with E-state index in [0.29, 0.717) is 22.9 Å². The number of benzene rings is 1. The number of imide groups is 2. The second kappa shape index (κ2) is 32.1. The Morgan fingerprint density at radius 3 is 2.21 bits per heavy atom. The van der Waals surface area contributed by atoms with Gasteiger partial charge in [-0.05, 0) is 44.9 Å². The fourth-order valence-corrected chi connectivity index (χ4v) is 11.4. The molecule has 5 heterocycles. The van der Waals surface area contributed by atoms with Gasteiger partial charge >= 0.3 is 18.0 Å². The van der Waals surface area contributed by atoms with Crippen molar-refractivity contribution in [2.45, 2.75) is 133 Å². The Balaban J connectivity index is 0.915. The van der Waals surface area contributed by atoms with Gasteiger partial charge in [-0.3, -0.25) is 43.8 Å². The quantitative estimate of drug-likeness (QED) is 0.0469. The summed E-state index contributed by atoms with van der Waals surface area (Å²) in [6.45, 7) is 8.56. The molecular formula is C57H79ClN6O21S. The molecule has 0 spiro atoms. The highest BCUT2D eigenvalue weighted by Crippen LogP contribution is 2.49. The van der Waals surface area contributed by atoms with Gasteiger partial charge in [-0.15, -0.1) is 16.8 Å². The Bertz CT molecular complexity index is 2700. The van der Waals surface area contributed by atoms with Crippen molar-refractivity contribution in [3.8, 4) is 5.75 Å². The van der Waals surface area contributed by atoms with Gasteiger partial charge < -0.3 is 67.7 Å². The van der Waals surface area contributed by atoms with Crippen molar-refractivity contribution in [1.82, 2.24) is 25.5 Å². The third-order valence-corrected chi connectivity index (χ3v) is 16.8. The van der Waals surface area contributed by atoms with Crippen LogP contribution in [0.15, 0.2) is 35.9 Å². The Hall–Kier alpha value is -6.24. The van der Waals surface area contributed by atoms with Crippen LogP contribution in [0.3, 0.4) is 0 Å². The number of amides is 8. The predicted octanol–water partition coefficient (Wildman–Crippen LogP) is 2.34. The van der Waals surface area contributed by atoms with Gasteiger partial charge in [0.05, 0.1) is 89.8 Å². The van der Waals surface area contributed by atoms with E-state index in [2.05, 4.69) is 10.6 Å². The zero-order valence-electron chi connectivity index (χ0n) is 49.8. The van der Waals surface area contributed by atoms with Crippen molar-refractivity contribution in [3.05, 3.63) is 46.5 Å². The number of rotatable bonds is 28. The zero-order chi connectivity index (χ0) is 62.9. The number of fused-ring (bicyclic) bond motifs is 5. The lowest BCUT2D eigenvalue weighted by molar-refractivity contribution is -0.198. The van der Waals surface area contributed by atoms with Gasteiger partial charge in [0.2, 0.25) is 29.5 Å². The van der Waals surface area contributed by atoms with Crippen molar-refractivity contribution in [2.75, 3.05) is 105 Å². The molecule has 0 saturated carbocycles. The number of nitrogens with one attached hydrogen (secondary N) is 2. The molecule has 4 saturated heterocycles. The lowest BCUT2D eigenvalue weighted by Gasteiger charge is -2.42. The summed E-state index contributed by atoms with van der Waals surface area (Å²) >= 11 is 7.93. The molecule has 0 aromatic heterocycles. The summed E-state index contributed by atoms with van der Waals surface area (Å²) in [6, 6.07) is 2.33. The first-order valence-electron chi connectivity index (χ1n) is 28.4. The van der Waals surface area contributed by atoms with E-state index in [-0.39, 0.29) is 122 Å². The number of carbonyl (C=O) groups excluding carboxylic acids is 10. The van der Waals surface area contributed by atoms with E-state index in [1.165, 1.54) is 45.0 Å². The van der Waals surface area contributed by atoms with Gasteiger partial charge in [0, 0.05) is 84.5 Å². The van der Waals surface area contributed by atoms with Gasteiger partial charge in [-0.1, -0.05) is 42.3 Å². The van der Waals surface area contributed by atoms with Crippen LogP contribution in [-0.2, 0) is 92.3 Å². The molecule has 1 unspecified atom stereocenters. The van der Waals surface area contributed by atoms with E-state index in [0.717, 1.165) is 27.8 Å². The second-order valence-electron chi connectivity index (χ2n) is 21.4. The maximum Gasteiger partial charge on any atom is 0.409 e. The van der Waals surface area contributed by atoms with Crippen LogP contribution in [0.4, 0.5) is 10.5 Å². The van der Waals surface area contributed by atoms with Gasteiger partial charge in [-0.2, -0.15) is 0 Å². The SMILES string of the molecule is COc1cc2cc(c1Cl)N(C)C(=O)C[C@H](OC(=O)[C@@H](C)N(C)C(=O)CCSC1CC(=O)N(CCC(=O)NCCOCCOCCOCCOCCC(=O)ON3C(=O)CCC3=O)C1=O)[C@]1(C)O[C@H]1[C@H](C)[C@@H]1C[C@@](O)(NC(=O)O1)[C@H](OC)/C=C/C=C(\C)C2. The molecule has 5 aliphatic rings. The fourth-order valence-electron chi connectivity index (χ4n) is 9.99. The highest BCUT2D eigenvalue weighted by atomic mass is 35.5. The first-order valence-corrected chi connectivity index (χ1v) is 29.8. The van der Waals surface area contributed by atoms with Crippen molar-refractivity contribution in [3.63, 3.8) is 0 Å². The Morgan fingerprint density at radius 1 is 0.907 bits per heavy atom. The Morgan fingerprint density at radius 2 is 1.56 bits per heavy atom. The first-order chi connectivity index (χ1) is 40.9. The lowest BCUT2D eigenvalue weighted by atomic mass is 9.83. The highest BCUT2D eigenvalue weighted by molar-refractivity contribution is 8.00. The number of halogens is 1. The number of allylic oxidation sites excluding steroid dienone is 3. The molecule has 4 bridgehead atoms. The van der Waals surface area contributed by atoms with E-state index >= 15 is 0 Å². The fraction of sp³-hybridized carbons (Fsp3) is 0.649. The summed E-state index contributed by atoms with van der Waals surface area (Å²) in [5.74, 6) is -5.21. The van der Waals surface area contributed by atoms with Crippen LogP contribution < -0.4 is 20.3 Å². The van der Waals surface area contributed by atoms with Crippen molar-refractivity contribution in [2.24, 2.45) is 5.92 Å². The van der Waals surface area contributed by atoms with Gasteiger partial charge in [0.25, 0.3) is 11.8 Å². The number of epoxide rings is 1. The number of likely N-dealkylation sites (N-methyl/N-ethyl adjacent to an activating group) is 1.